The second kappa shape index (κ2) is 8.55. The van der Waals surface area contributed by atoms with Crippen LogP contribution in [0.1, 0.15) is 19.8 Å². The first kappa shape index (κ1) is 14.2. The van der Waals surface area contributed by atoms with Crippen LogP contribution in [-0.4, -0.2) is 46.2 Å². The molecule has 0 radical (unpaired) electrons. The van der Waals surface area contributed by atoms with Crippen LogP contribution in [0.4, 0.5) is 0 Å². The summed E-state index contributed by atoms with van der Waals surface area (Å²) in [6.07, 6.45) is 1.12. The van der Waals surface area contributed by atoms with Crippen molar-refractivity contribution in [2.24, 2.45) is 0 Å². The van der Waals surface area contributed by atoms with Crippen molar-refractivity contribution in [2.75, 3.05) is 11.5 Å². The summed E-state index contributed by atoms with van der Waals surface area (Å²) in [7, 11) is 0. The number of rotatable bonds is 9. The van der Waals surface area contributed by atoms with E-state index in [1.807, 2.05) is 6.92 Å². The van der Waals surface area contributed by atoms with Crippen molar-refractivity contribution in [3.8, 4) is 0 Å². The minimum absolute atomic E-state index is 0.336. The van der Waals surface area contributed by atoms with Crippen LogP contribution < -0.4 is 5.32 Å². The predicted octanol–water partition coefficient (Wildman–Crippen LogP) is 0.0798. The summed E-state index contributed by atoms with van der Waals surface area (Å²) in [5.74, 6) is 0.178. The first-order valence-corrected chi connectivity index (χ1v) is 5.95. The number of thioether (sulfide) groups is 1. The second-order valence-electron chi connectivity index (χ2n) is 3.10. The third-order valence-corrected chi connectivity index (χ3v) is 3.04. The van der Waals surface area contributed by atoms with Crippen LogP contribution in [0.15, 0.2) is 0 Å². The van der Waals surface area contributed by atoms with Crippen LogP contribution in [0, 0.1) is 0 Å². The number of carboxylic acids is 1. The Kier molecular flexibility index (Phi) is 8.12. The van der Waals surface area contributed by atoms with Crippen molar-refractivity contribution in [1.82, 2.24) is 5.32 Å². The van der Waals surface area contributed by atoms with E-state index >= 15 is 0 Å². The van der Waals surface area contributed by atoms with Gasteiger partial charge >= 0.3 is 5.97 Å². The Bertz CT molecular complexity index is 201. The Labute approximate surface area is 93.2 Å². The number of aliphatic hydroxyl groups excluding tert-OH is 1. The molecule has 0 aromatic rings. The molecule has 0 saturated heterocycles. The summed E-state index contributed by atoms with van der Waals surface area (Å²) < 4.78 is 0. The summed E-state index contributed by atoms with van der Waals surface area (Å²) in [6, 6.07) is -0.825. The smallest absolute Gasteiger partial charge is 0.326 e. The molecule has 2 unspecified atom stereocenters. The van der Waals surface area contributed by atoms with Gasteiger partial charge in [-0.2, -0.15) is 11.8 Å². The number of amides is 1. The number of nitrogens with one attached hydrogen (secondary N) is 1. The van der Waals surface area contributed by atoms with E-state index in [0.29, 0.717) is 30.8 Å². The number of hydrogen-bond donors (Lipinski definition) is 3. The lowest BCUT2D eigenvalue weighted by Gasteiger charge is -2.11. The molecule has 6 heteroatoms. The molecule has 0 spiro atoms. The van der Waals surface area contributed by atoms with Crippen molar-refractivity contribution in [1.29, 1.82) is 0 Å². The van der Waals surface area contributed by atoms with Crippen LogP contribution >= 0.6 is 11.8 Å². The molecular weight excluding hydrogens is 218 g/mol. The molecule has 1 amide bonds. The maximum Gasteiger partial charge on any atom is 0.326 e. The predicted molar refractivity (Wildman–Crippen MR) is 58.9 cm³/mol. The van der Waals surface area contributed by atoms with E-state index in [1.165, 1.54) is 11.8 Å². The van der Waals surface area contributed by atoms with Gasteiger partial charge in [0.2, 0.25) is 6.41 Å². The molecule has 0 aliphatic carbocycles. The van der Waals surface area contributed by atoms with Crippen molar-refractivity contribution >= 4 is 24.1 Å². The first-order valence-electron chi connectivity index (χ1n) is 4.80. The highest BCUT2D eigenvalue weighted by Gasteiger charge is 2.15. The maximum atomic E-state index is 10.6. The fraction of sp³-hybridized carbons (Fsp3) is 0.778. The lowest BCUT2D eigenvalue weighted by molar-refractivity contribution is -0.140. The molecule has 0 aliphatic rings. The molecule has 3 N–H and O–H groups in total. The SMILES string of the molecule is CCC(O)CSCCC(NC=O)C(=O)O. The molecule has 0 saturated carbocycles. The van der Waals surface area contributed by atoms with Gasteiger partial charge in [0.15, 0.2) is 0 Å². The van der Waals surface area contributed by atoms with Crippen LogP contribution in [-0.2, 0) is 9.59 Å². The standard InChI is InChI=1S/C9H17NO4S/c1-2-7(12)5-15-4-3-8(9(13)14)10-6-11/h6-8,12H,2-5H2,1H3,(H,10,11)(H,13,14). The van der Waals surface area contributed by atoms with E-state index in [0.717, 1.165) is 0 Å². The fourth-order valence-corrected chi connectivity index (χ4v) is 1.98. The van der Waals surface area contributed by atoms with E-state index in [1.54, 1.807) is 0 Å². The molecule has 0 fully saturated rings. The highest BCUT2D eigenvalue weighted by molar-refractivity contribution is 7.99. The lowest BCUT2D eigenvalue weighted by atomic mass is 10.2. The van der Waals surface area contributed by atoms with Crippen LogP contribution in [0.25, 0.3) is 0 Å². The minimum Gasteiger partial charge on any atom is -0.480 e. The summed E-state index contributed by atoms with van der Waals surface area (Å²) in [5, 5.41) is 20.1. The number of aliphatic carboxylic acids is 1. The van der Waals surface area contributed by atoms with Crippen molar-refractivity contribution in [3.05, 3.63) is 0 Å². The molecule has 5 nitrogen and oxygen atoms in total. The van der Waals surface area contributed by atoms with Crippen LogP contribution in [0.2, 0.25) is 0 Å². The Morgan fingerprint density at radius 2 is 2.27 bits per heavy atom. The van der Waals surface area contributed by atoms with E-state index in [4.69, 9.17) is 5.11 Å². The van der Waals surface area contributed by atoms with Crippen LogP contribution in [0.5, 0.6) is 0 Å². The normalized spacial score (nSPS) is 14.3. The third kappa shape index (κ3) is 7.21. The van der Waals surface area contributed by atoms with E-state index in [9.17, 15) is 14.7 Å². The zero-order valence-corrected chi connectivity index (χ0v) is 9.50. The maximum absolute atomic E-state index is 10.6. The molecule has 88 valence electrons. The molecular formula is C9H17NO4S. The van der Waals surface area contributed by atoms with Gasteiger partial charge in [-0.05, 0) is 18.6 Å². The highest BCUT2D eigenvalue weighted by Crippen LogP contribution is 2.08. The molecule has 2 atom stereocenters. The molecule has 0 aliphatic heterocycles. The molecule has 0 aromatic heterocycles. The largest absolute Gasteiger partial charge is 0.480 e. The van der Waals surface area contributed by atoms with Crippen LogP contribution in [0.3, 0.4) is 0 Å². The Balaban J connectivity index is 3.62. The quantitative estimate of drug-likeness (QED) is 0.389. The Hall–Kier alpha value is -0.750. The van der Waals surface area contributed by atoms with Crippen molar-refractivity contribution < 1.29 is 19.8 Å². The molecule has 0 rings (SSSR count). The summed E-state index contributed by atoms with van der Waals surface area (Å²) in [6.45, 7) is 1.89. The van der Waals surface area contributed by atoms with E-state index in [-0.39, 0.29) is 6.10 Å². The van der Waals surface area contributed by atoms with Gasteiger partial charge in [0.25, 0.3) is 0 Å². The number of hydrogen-bond acceptors (Lipinski definition) is 4. The Morgan fingerprint density at radius 1 is 1.60 bits per heavy atom. The molecule has 15 heavy (non-hydrogen) atoms. The monoisotopic (exact) mass is 235 g/mol. The van der Waals surface area contributed by atoms with Crippen molar-refractivity contribution in [2.45, 2.75) is 31.9 Å². The Morgan fingerprint density at radius 3 is 2.73 bits per heavy atom. The number of aliphatic hydroxyl groups is 1. The van der Waals surface area contributed by atoms with Gasteiger partial charge in [-0.25, -0.2) is 4.79 Å². The van der Waals surface area contributed by atoms with Gasteiger partial charge in [-0.15, -0.1) is 0 Å². The topological polar surface area (TPSA) is 86.6 Å². The van der Waals surface area contributed by atoms with Gasteiger partial charge in [0.05, 0.1) is 6.10 Å². The summed E-state index contributed by atoms with van der Waals surface area (Å²) >= 11 is 1.49. The molecule has 0 aromatic carbocycles. The number of carbonyl (C=O) groups is 2. The second-order valence-corrected chi connectivity index (χ2v) is 4.25. The van der Waals surface area contributed by atoms with Gasteiger partial charge in [-0.3, -0.25) is 4.79 Å². The van der Waals surface area contributed by atoms with Crippen molar-refractivity contribution in [3.63, 3.8) is 0 Å². The third-order valence-electron chi connectivity index (χ3n) is 1.90. The highest BCUT2D eigenvalue weighted by atomic mass is 32.2. The number of carboxylic acid groups (broad SMARTS) is 1. The first-order chi connectivity index (χ1) is 7.11. The van der Waals surface area contributed by atoms with E-state index < -0.39 is 12.0 Å². The average molecular weight is 235 g/mol. The number of carbonyl (C=O) groups excluding carboxylic acids is 1. The summed E-state index contributed by atoms with van der Waals surface area (Å²) in [5.41, 5.74) is 0. The van der Waals surface area contributed by atoms with Gasteiger partial charge in [0.1, 0.15) is 6.04 Å². The van der Waals surface area contributed by atoms with Gasteiger partial charge in [0, 0.05) is 5.75 Å². The van der Waals surface area contributed by atoms with Gasteiger partial charge in [-0.1, -0.05) is 6.92 Å². The lowest BCUT2D eigenvalue weighted by Crippen LogP contribution is -2.36. The zero-order chi connectivity index (χ0) is 11.7. The summed E-state index contributed by atoms with van der Waals surface area (Å²) in [4.78, 5) is 20.7. The minimum atomic E-state index is -1.03. The fourth-order valence-electron chi connectivity index (χ4n) is 0.899. The van der Waals surface area contributed by atoms with E-state index in [2.05, 4.69) is 5.32 Å². The molecule has 0 bridgehead atoms. The average Bonchev–Trinajstić information content (AvgIpc) is 2.21. The van der Waals surface area contributed by atoms with Gasteiger partial charge < -0.3 is 15.5 Å². The zero-order valence-electron chi connectivity index (χ0n) is 8.68. The molecule has 0 heterocycles.